The molecule has 2 aromatic rings. The molecule has 2 aromatic heterocycles. The molecular weight excluding hydrogens is 432 g/mol. The summed E-state index contributed by atoms with van der Waals surface area (Å²) in [6.07, 6.45) is 1.60. The molecule has 0 fully saturated rings. The van der Waals surface area contributed by atoms with Crippen LogP contribution in [-0.4, -0.2) is 51.0 Å². The normalized spacial score (nSPS) is 11.7. The molecule has 0 radical (unpaired) electrons. The van der Waals surface area contributed by atoms with Gasteiger partial charge in [0.05, 0.1) is 29.7 Å². The van der Waals surface area contributed by atoms with E-state index in [0.29, 0.717) is 9.48 Å². The van der Waals surface area contributed by atoms with Crippen molar-refractivity contribution in [1.29, 1.82) is 0 Å². The summed E-state index contributed by atoms with van der Waals surface area (Å²) >= 11 is 4.24. The Balaban J connectivity index is 2.37. The van der Waals surface area contributed by atoms with Crippen LogP contribution in [-0.2, 0) is 26.0 Å². The highest BCUT2D eigenvalue weighted by molar-refractivity contribution is 9.11. The van der Waals surface area contributed by atoms with Gasteiger partial charge < -0.3 is 9.47 Å². The Morgan fingerprint density at radius 1 is 1.36 bits per heavy atom. The minimum atomic E-state index is -3.85. The standard InChI is InChI=1S/C15H17BrN2O5S2/c1-22-8-7-18(10-11-5-3-4-6-17-11)25(20,21)13-9-12(15(19)23-2)24-14(13)16/h3-6,9H,7-8,10H2,1-2H3. The summed E-state index contributed by atoms with van der Waals surface area (Å²) in [5.41, 5.74) is 0.613. The summed E-state index contributed by atoms with van der Waals surface area (Å²) in [6.45, 7) is 0.491. The van der Waals surface area contributed by atoms with Crippen molar-refractivity contribution in [2.75, 3.05) is 27.4 Å². The van der Waals surface area contributed by atoms with Gasteiger partial charge in [0.2, 0.25) is 10.0 Å². The van der Waals surface area contributed by atoms with Crippen molar-refractivity contribution in [2.24, 2.45) is 0 Å². The number of carbonyl (C=O) groups is 1. The molecule has 10 heteroatoms. The summed E-state index contributed by atoms with van der Waals surface area (Å²) < 4.78 is 37.4. The van der Waals surface area contributed by atoms with Crippen LogP contribution in [0.4, 0.5) is 0 Å². The van der Waals surface area contributed by atoms with Crippen LogP contribution < -0.4 is 0 Å². The first-order valence-electron chi connectivity index (χ1n) is 7.16. The number of aromatic nitrogens is 1. The molecule has 0 aliphatic rings. The monoisotopic (exact) mass is 448 g/mol. The number of rotatable bonds is 8. The predicted octanol–water partition coefficient (Wildman–Crippen LogP) is 2.53. The van der Waals surface area contributed by atoms with E-state index < -0.39 is 16.0 Å². The fraction of sp³-hybridized carbons (Fsp3) is 0.333. The van der Waals surface area contributed by atoms with Crippen molar-refractivity contribution in [3.63, 3.8) is 0 Å². The summed E-state index contributed by atoms with van der Waals surface area (Å²) in [5, 5.41) is 0. The molecule has 25 heavy (non-hydrogen) atoms. The molecule has 0 saturated heterocycles. The Labute approximate surface area is 158 Å². The van der Waals surface area contributed by atoms with Gasteiger partial charge in [0.1, 0.15) is 9.77 Å². The molecule has 0 aliphatic heterocycles. The van der Waals surface area contributed by atoms with Crippen LogP contribution in [0.5, 0.6) is 0 Å². The molecule has 0 atom stereocenters. The third kappa shape index (κ3) is 4.85. The maximum atomic E-state index is 13.1. The lowest BCUT2D eigenvalue weighted by Crippen LogP contribution is -2.33. The zero-order chi connectivity index (χ0) is 18.4. The average molecular weight is 449 g/mol. The van der Waals surface area contributed by atoms with E-state index in [1.807, 2.05) is 0 Å². The highest BCUT2D eigenvalue weighted by Crippen LogP contribution is 2.34. The molecule has 0 spiro atoms. The van der Waals surface area contributed by atoms with E-state index in [2.05, 4.69) is 25.7 Å². The van der Waals surface area contributed by atoms with Crippen LogP contribution in [0.15, 0.2) is 39.1 Å². The molecule has 7 nitrogen and oxygen atoms in total. The van der Waals surface area contributed by atoms with E-state index in [0.717, 1.165) is 11.3 Å². The highest BCUT2D eigenvalue weighted by atomic mass is 79.9. The molecule has 136 valence electrons. The third-order valence-corrected chi connectivity index (χ3v) is 7.35. The second kappa shape index (κ2) is 8.86. The Morgan fingerprint density at radius 3 is 2.72 bits per heavy atom. The fourth-order valence-electron chi connectivity index (χ4n) is 2.02. The minimum absolute atomic E-state index is 0.0185. The van der Waals surface area contributed by atoms with Gasteiger partial charge in [0.25, 0.3) is 0 Å². The quantitative estimate of drug-likeness (QED) is 0.576. The van der Waals surface area contributed by atoms with Crippen LogP contribution in [0.3, 0.4) is 0 Å². The van der Waals surface area contributed by atoms with Crippen LogP contribution >= 0.6 is 27.3 Å². The largest absolute Gasteiger partial charge is 0.465 e. The summed E-state index contributed by atoms with van der Waals surface area (Å²) in [6, 6.07) is 6.61. The third-order valence-electron chi connectivity index (χ3n) is 3.27. The van der Waals surface area contributed by atoms with Gasteiger partial charge in [-0.25, -0.2) is 13.2 Å². The van der Waals surface area contributed by atoms with E-state index >= 15 is 0 Å². The number of methoxy groups -OCH3 is 2. The Hall–Kier alpha value is -1.33. The number of thiophene rings is 1. The van der Waals surface area contributed by atoms with Gasteiger partial charge in [-0.1, -0.05) is 6.07 Å². The van der Waals surface area contributed by atoms with Crippen LogP contribution in [0.2, 0.25) is 0 Å². The molecule has 0 saturated carbocycles. The number of esters is 1. The van der Waals surface area contributed by atoms with Crippen molar-refractivity contribution in [3.05, 3.63) is 44.8 Å². The van der Waals surface area contributed by atoms with Crippen molar-refractivity contribution >= 4 is 43.3 Å². The number of carbonyl (C=O) groups excluding carboxylic acids is 1. The topological polar surface area (TPSA) is 85.8 Å². The van der Waals surface area contributed by atoms with Gasteiger partial charge in [-0.15, -0.1) is 11.3 Å². The first-order valence-corrected chi connectivity index (χ1v) is 10.2. The van der Waals surface area contributed by atoms with Gasteiger partial charge in [-0.3, -0.25) is 4.98 Å². The van der Waals surface area contributed by atoms with Crippen molar-refractivity contribution < 1.29 is 22.7 Å². The van der Waals surface area contributed by atoms with Crippen molar-refractivity contribution in [1.82, 2.24) is 9.29 Å². The number of nitrogens with zero attached hydrogens (tertiary/aromatic N) is 2. The maximum absolute atomic E-state index is 13.1. The Bertz CT molecular complexity index is 824. The van der Waals surface area contributed by atoms with Gasteiger partial charge in [0, 0.05) is 19.9 Å². The molecule has 0 N–H and O–H groups in total. The zero-order valence-corrected chi connectivity index (χ0v) is 16.9. The van der Waals surface area contributed by atoms with Crippen LogP contribution in [0.1, 0.15) is 15.4 Å². The van der Waals surface area contributed by atoms with E-state index in [4.69, 9.17) is 4.74 Å². The van der Waals surface area contributed by atoms with Gasteiger partial charge >= 0.3 is 5.97 Å². The van der Waals surface area contributed by atoms with Crippen LogP contribution in [0.25, 0.3) is 0 Å². The molecular formula is C15H17BrN2O5S2. The minimum Gasteiger partial charge on any atom is -0.465 e. The summed E-state index contributed by atoms with van der Waals surface area (Å²) in [7, 11) is -1.11. The first kappa shape index (κ1) is 20.0. The number of ether oxygens (including phenoxy) is 2. The van der Waals surface area contributed by atoms with Crippen molar-refractivity contribution in [2.45, 2.75) is 11.4 Å². The molecule has 2 heterocycles. The van der Waals surface area contributed by atoms with E-state index in [1.54, 1.807) is 24.4 Å². The fourth-order valence-corrected chi connectivity index (χ4v) is 5.85. The Kier molecular flexibility index (Phi) is 7.08. The Morgan fingerprint density at radius 2 is 2.12 bits per heavy atom. The number of hydrogen-bond donors (Lipinski definition) is 0. The molecule has 0 bridgehead atoms. The predicted molar refractivity (Wildman–Crippen MR) is 97.1 cm³/mol. The maximum Gasteiger partial charge on any atom is 0.348 e. The summed E-state index contributed by atoms with van der Waals surface area (Å²) in [4.78, 5) is 16.1. The lowest BCUT2D eigenvalue weighted by atomic mass is 10.3. The van der Waals surface area contributed by atoms with E-state index in [-0.39, 0.29) is 29.5 Å². The number of hydrogen-bond acceptors (Lipinski definition) is 7. The van der Waals surface area contributed by atoms with Gasteiger partial charge in [0.15, 0.2) is 0 Å². The molecule has 0 aromatic carbocycles. The number of sulfonamides is 1. The molecule has 2 rings (SSSR count). The zero-order valence-electron chi connectivity index (χ0n) is 13.6. The first-order chi connectivity index (χ1) is 11.9. The second-order valence-electron chi connectivity index (χ2n) is 4.89. The lowest BCUT2D eigenvalue weighted by Gasteiger charge is -2.21. The molecule has 0 amide bonds. The average Bonchev–Trinajstić information content (AvgIpc) is 3.01. The summed E-state index contributed by atoms with van der Waals surface area (Å²) in [5.74, 6) is -0.583. The van der Waals surface area contributed by atoms with Crippen LogP contribution in [0, 0.1) is 0 Å². The second-order valence-corrected chi connectivity index (χ2v) is 9.17. The molecule has 0 aliphatic carbocycles. The lowest BCUT2D eigenvalue weighted by molar-refractivity contribution is 0.0606. The number of halogens is 1. The van der Waals surface area contributed by atoms with E-state index in [9.17, 15) is 13.2 Å². The molecule has 0 unspecified atom stereocenters. The number of pyridine rings is 1. The van der Waals surface area contributed by atoms with Gasteiger partial charge in [-0.2, -0.15) is 4.31 Å². The van der Waals surface area contributed by atoms with E-state index in [1.165, 1.54) is 24.6 Å². The highest BCUT2D eigenvalue weighted by Gasteiger charge is 2.30. The van der Waals surface area contributed by atoms with Gasteiger partial charge in [-0.05, 0) is 34.1 Å². The van der Waals surface area contributed by atoms with Crippen molar-refractivity contribution in [3.8, 4) is 0 Å². The smallest absolute Gasteiger partial charge is 0.348 e. The SMILES string of the molecule is COCCN(Cc1ccccn1)S(=O)(=O)c1cc(C(=O)OC)sc1Br.